The minimum absolute atomic E-state index is 0.0690. The Morgan fingerprint density at radius 3 is 2.70 bits per heavy atom. The van der Waals surface area contributed by atoms with Gasteiger partial charge in [0.1, 0.15) is 11.6 Å². The monoisotopic (exact) mass is 315 g/mol. The van der Waals surface area contributed by atoms with Crippen LogP contribution in [0.4, 0.5) is 11.6 Å². The van der Waals surface area contributed by atoms with E-state index in [0.717, 1.165) is 37.7 Å². The molecular formula is C16H21N5O2. The zero-order valence-electron chi connectivity index (χ0n) is 13.5. The van der Waals surface area contributed by atoms with E-state index in [0.29, 0.717) is 18.1 Å². The van der Waals surface area contributed by atoms with Gasteiger partial charge in [0, 0.05) is 37.9 Å². The van der Waals surface area contributed by atoms with Crippen molar-refractivity contribution < 1.29 is 9.32 Å². The average molecular weight is 315 g/mol. The number of amides is 1. The summed E-state index contributed by atoms with van der Waals surface area (Å²) in [5.74, 6) is 2.09. The Morgan fingerprint density at radius 1 is 1.26 bits per heavy atom. The molecule has 1 N–H and O–H groups in total. The van der Waals surface area contributed by atoms with Crippen molar-refractivity contribution in [3.05, 3.63) is 35.7 Å². The lowest BCUT2D eigenvalue weighted by Crippen LogP contribution is -2.49. The van der Waals surface area contributed by atoms with Crippen LogP contribution < -0.4 is 10.2 Å². The fraction of sp³-hybridized carbons (Fsp3) is 0.438. The van der Waals surface area contributed by atoms with Crippen LogP contribution in [-0.4, -0.2) is 53.7 Å². The van der Waals surface area contributed by atoms with Crippen LogP contribution in [0.3, 0.4) is 0 Å². The first-order chi connectivity index (χ1) is 11.1. The predicted octanol–water partition coefficient (Wildman–Crippen LogP) is 1.45. The van der Waals surface area contributed by atoms with Crippen molar-refractivity contribution in [2.45, 2.75) is 13.8 Å². The average Bonchev–Trinajstić information content (AvgIpc) is 2.93. The number of rotatable bonds is 4. The molecule has 3 rings (SSSR count). The van der Waals surface area contributed by atoms with Crippen molar-refractivity contribution in [2.75, 3.05) is 42.9 Å². The molecule has 0 unspecified atom stereocenters. The molecule has 0 aromatic carbocycles. The summed E-state index contributed by atoms with van der Waals surface area (Å²) in [6.45, 7) is 7.55. The highest BCUT2D eigenvalue weighted by Gasteiger charge is 2.20. The molecule has 7 nitrogen and oxygen atoms in total. The van der Waals surface area contributed by atoms with Gasteiger partial charge in [-0.25, -0.2) is 4.98 Å². The minimum Gasteiger partial charge on any atom is -0.360 e. The molecule has 2 aromatic heterocycles. The summed E-state index contributed by atoms with van der Waals surface area (Å²) in [7, 11) is 0. The second kappa shape index (κ2) is 6.78. The van der Waals surface area contributed by atoms with Gasteiger partial charge in [0.15, 0.2) is 5.82 Å². The summed E-state index contributed by atoms with van der Waals surface area (Å²) in [5, 5.41) is 6.52. The van der Waals surface area contributed by atoms with E-state index in [2.05, 4.69) is 25.3 Å². The Hall–Kier alpha value is -2.41. The van der Waals surface area contributed by atoms with Gasteiger partial charge in [0.2, 0.25) is 5.91 Å². The van der Waals surface area contributed by atoms with E-state index in [-0.39, 0.29) is 5.91 Å². The summed E-state index contributed by atoms with van der Waals surface area (Å²) < 4.78 is 4.94. The molecule has 1 fully saturated rings. The maximum atomic E-state index is 12.0. The Kier molecular flexibility index (Phi) is 4.57. The maximum absolute atomic E-state index is 12.0. The normalized spacial score (nSPS) is 15.7. The van der Waals surface area contributed by atoms with E-state index in [4.69, 9.17) is 4.52 Å². The first-order valence-corrected chi connectivity index (χ1v) is 7.74. The number of pyridine rings is 1. The molecule has 0 saturated carbocycles. The highest BCUT2D eigenvalue weighted by atomic mass is 16.5. The molecular weight excluding hydrogens is 294 g/mol. The van der Waals surface area contributed by atoms with Crippen LogP contribution in [0.15, 0.2) is 28.8 Å². The molecule has 3 heterocycles. The summed E-state index contributed by atoms with van der Waals surface area (Å²) in [6, 6.07) is 7.76. The lowest BCUT2D eigenvalue weighted by Gasteiger charge is -2.35. The third-order valence-corrected chi connectivity index (χ3v) is 3.83. The Bertz CT molecular complexity index is 677. The first kappa shape index (κ1) is 15.5. The number of carbonyl (C=O) groups excluding carboxylic acids is 1. The molecule has 1 amide bonds. The van der Waals surface area contributed by atoms with Crippen LogP contribution in [0.25, 0.3) is 0 Å². The van der Waals surface area contributed by atoms with Gasteiger partial charge in [-0.05, 0) is 26.0 Å². The SMILES string of the molecule is Cc1cccc(N2CCN(CC(=O)Nc3cc(C)on3)CC2)n1. The van der Waals surface area contributed by atoms with E-state index in [9.17, 15) is 4.79 Å². The molecule has 23 heavy (non-hydrogen) atoms. The van der Waals surface area contributed by atoms with Crippen molar-refractivity contribution in [3.63, 3.8) is 0 Å². The zero-order valence-corrected chi connectivity index (χ0v) is 13.5. The summed E-state index contributed by atoms with van der Waals surface area (Å²) in [4.78, 5) is 21.0. The summed E-state index contributed by atoms with van der Waals surface area (Å²) in [6.07, 6.45) is 0. The number of hydrogen-bond donors (Lipinski definition) is 1. The second-order valence-corrected chi connectivity index (χ2v) is 5.77. The first-order valence-electron chi connectivity index (χ1n) is 7.74. The van der Waals surface area contributed by atoms with Gasteiger partial charge in [-0.1, -0.05) is 11.2 Å². The Labute approximate surface area is 135 Å². The minimum atomic E-state index is -0.0690. The molecule has 0 atom stereocenters. The van der Waals surface area contributed by atoms with Crippen molar-refractivity contribution in [1.29, 1.82) is 0 Å². The predicted molar refractivity (Wildman–Crippen MR) is 87.5 cm³/mol. The van der Waals surface area contributed by atoms with Crippen LogP contribution in [0.5, 0.6) is 0 Å². The number of aromatic nitrogens is 2. The van der Waals surface area contributed by atoms with Gasteiger partial charge in [0.05, 0.1) is 6.54 Å². The molecule has 0 bridgehead atoms. The van der Waals surface area contributed by atoms with E-state index >= 15 is 0 Å². The second-order valence-electron chi connectivity index (χ2n) is 5.77. The molecule has 2 aromatic rings. The lowest BCUT2D eigenvalue weighted by molar-refractivity contribution is -0.117. The van der Waals surface area contributed by atoms with Gasteiger partial charge in [-0.15, -0.1) is 0 Å². The fourth-order valence-electron chi connectivity index (χ4n) is 2.65. The molecule has 0 radical (unpaired) electrons. The summed E-state index contributed by atoms with van der Waals surface area (Å²) >= 11 is 0. The largest absolute Gasteiger partial charge is 0.360 e. The van der Waals surface area contributed by atoms with Crippen LogP contribution in [-0.2, 0) is 4.79 Å². The van der Waals surface area contributed by atoms with Crippen LogP contribution in [0.1, 0.15) is 11.5 Å². The number of nitrogens with one attached hydrogen (secondary N) is 1. The standard InChI is InChI=1S/C16H21N5O2/c1-12-4-3-5-15(17-12)21-8-6-20(7-9-21)11-16(22)18-14-10-13(2)23-19-14/h3-5,10H,6-9,11H2,1-2H3,(H,18,19,22). The third-order valence-electron chi connectivity index (χ3n) is 3.83. The number of anilines is 2. The van der Waals surface area contributed by atoms with E-state index in [1.54, 1.807) is 13.0 Å². The highest BCUT2D eigenvalue weighted by Crippen LogP contribution is 2.14. The highest BCUT2D eigenvalue weighted by molar-refractivity contribution is 5.91. The maximum Gasteiger partial charge on any atom is 0.239 e. The number of nitrogens with zero attached hydrogens (tertiary/aromatic N) is 4. The van der Waals surface area contributed by atoms with Crippen LogP contribution in [0, 0.1) is 13.8 Å². The number of piperazine rings is 1. The third kappa shape index (κ3) is 4.07. The number of aryl methyl sites for hydroxylation is 2. The molecule has 1 aliphatic heterocycles. The van der Waals surface area contributed by atoms with Gasteiger partial charge in [-0.2, -0.15) is 0 Å². The van der Waals surface area contributed by atoms with Gasteiger partial charge >= 0.3 is 0 Å². The fourth-order valence-corrected chi connectivity index (χ4v) is 2.65. The molecule has 1 aliphatic rings. The molecule has 0 spiro atoms. The van der Waals surface area contributed by atoms with Crippen molar-refractivity contribution in [3.8, 4) is 0 Å². The zero-order chi connectivity index (χ0) is 16.2. The molecule has 1 saturated heterocycles. The van der Waals surface area contributed by atoms with Crippen molar-refractivity contribution in [1.82, 2.24) is 15.0 Å². The van der Waals surface area contributed by atoms with E-state index < -0.39 is 0 Å². The Morgan fingerprint density at radius 2 is 2.04 bits per heavy atom. The van der Waals surface area contributed by atoms with E-state index in [1.165, 1.54) is 0 Å². The lowest BCUT2D eigenvalue weighted by atomic mass is 10.3. The van der Waals surface area contributed by atoms with Gasteiger partial charge in [0.25, 0.3) is 0 Å². The quantitative estimate of drug-likeness (QED) is 0.920. The van der Waals surface area contributed by atoms with Crippen LogP contribution in [0.2, 0.25) is 0 Å². The number of carbonyl (C=O) groups is 1. The van der Waals surface area contributed by atoms with Crippen LogP contribution >= 0.6 is 0 Å². The molecule has 0 aliphatic carbocycles. The van der Waals surface area contributed by atoms with Gasteiger partial charge in [-0.3, -0.25) is 9.69 Å². The molecule has 7 heteroatoms. The Balaban J connectivity index is 1.48. The van der Waals surface area contributed by atoms with Crippen molar-refractivity contribution in [2.24, 2.45) is 0 Å². The number of hydrogen-bond acceptors (Lipinski definition) is 6. The smallest absolute Gasteiger partial charge is 0.239 e. The van der Waals surface area contributed by atoms with Crippen molar-refractivity contribution >= 4 is 17.5 Å². The molecule has 122 valence electrons. The van der Waals surface area contributed by atoms with Gasteiger partial charge < -0.3 is 14.7 Å². The topological polar surface area (TPSA) is 74.5 Å². The van der Waals surface area contributed by atoms with E-state index in [1.807, 2.05) is 25.1 Å². The summed E-state index contributed by atoms with van der Waals surface area (Å²) in [5.41, 5.74) is 1.02.